The molecule has 1 amide bonds. The highest BCUT2D eigenvalue weighted by Gasteiger charge is 2.60. The molecule has 4 N–H and O–H groups in total. The highest BCUT2D eigenvalue weighted by atomic mass is 19.1. The van der Waals surface area contributed by atoms with Gasteiger partial charge in [0.15, 0.2) is 0 Å². The lowest BCUT2D eigenvalue weighted by molar-refractivity contribution is -0.122. The van der Waals surface area contributed by atoms with Crippen LogP contribution in [0.4, 0.5) is 14.6 Å². The molecule has 0 bridgehead atoms. The van der Waals surface area contributed by atoms with Gasteiger partial charge in [-0.15, -0.1) is 0 Å². The van der Waals surface area contributed by atoms with Crippen LogP contribution in [0.25, 0.3) is 22.3 Å². The molecule has 7 rings (SSSR count). The molecule has 3 heterocycles. The Morgan fingerprint density at radius 1 is 1.13 bits per heavy atom. The number of hydrogen-bond acceptors (Lipinski definition) is 5. The zero-order chi connectivity index (χ0) is 27.3. The predicted molar refractivity (Wildman–Crippen MR) is 143 cm³/mol. The first-order valence-corrected chi connectivity index (χ1v) is 13.3. The van der Waals surface area contributed by atoms with E-state index in [4.69, 9.17) is 15.6 Å². The lowest BCUT2D eigenvalue weighted by atomic mass is 9.91. The number of anilines is 1. The summed E-state index contributed by atoms with van der Waals surface area (Å²) in [5, 5.41) is 9.55. The molecule has 1 saturated heterocycles. The number of hydrogen-bond donors (Lipinski definition) is 3. The maximum absolute atomic E-state index is 15.0. The number of halogens is 2. The van der Waals surface area contributed by atoms with Crippen molar-refractivity contribution in [3.05, 3.63) is 70.9 Å². The highest BCUT2D eigenvalue weighted by molar-refractivity contribution is 5.98. The van der Waals surface area contributed by atoms with Gasteiger partial charge < -0.3 is 21.1 Å². The third kappa shape index (κ3) is 4.65. The third-order valence-electron chi connectivity index (χ3n) is 8.60. The second-order valence-corrected chi connectivity index (χ2v) is 11.1. The summed E-state index contributed by atoms with van der Waals surface area (Å²) < 4.78 is 29.8. The number of likely N-dealkylation sites (tertiary alicyclic amines) is 1. The Morgan fingerprint density at radius 3 is 2.59 bits per heavy atom. The van der Waals surface area contributed by atoms with Crippen molar-refractivity contribution in [2.75, 3.05) is 31.9 Å². The normalized spacial score (nSPS) is 23.2. The smallest absolute Gasteiger partial charge is 0.290 e. The van der Waals surface area contributed by atoms with Crippen molar-refractivity contribution in [1.29, 1.82) is 0 Å². The Kier molecular flexibility index (Phi) is 6.33. The van der Waals surface area contributed by atoms with Crippen molar-refractivity contribution in [3.8, 4) is 22.3 Å². The number of fused-ring (bicyclic) bond motifs is 2. The molecule has 0 spiro atoms. The van der Waals surface area contributed by atoms with Gasteiger partial charge in [0.1, 0.15) is 11.6 Å². The fourth-order valence-corrected chi connectivity index (χ4v) is 6.43. The SMILES string of the molecule is Nc1nc(F)c(-c2ccc([C@]34C[C@H]3CN(CC3CC3)C4)cc2)cc1-c1cc(F)c2c(c1)CCNC2=O.O=CO. The number of carbonyl (C=O) groups excluding carboxylic acids is 1. The van der Waals surface area contributed by atoms with Crippen LogP contribution in [0.2, 0.25) is 0 Å². The van der Waals surface area contributed by atoms with Gasteiger partial charge in [0, 0.05) is 42.7 Å². The minimum absolute atomic E-state index is 0.00565. The van der Waals surface area contributed by atoms with Crippen LogP contribution in [0, 0.1) is 23.6 Å². The molecule has 7 nitrogen and oxygen atoms in total. The molecular weight excluding hydrogens is 502 g/mol. The van der Waals surface area contributed by atoms with Crippen molar-refractivity contribution in [2.24, 2.45) is 11.8 Å². The minimum Gasteiger partial charge on any atom is -0.483 e. The van der Waals surface area contributed by atoms with Gasteiger partial charge in [-0.2, -0.15) is 4.39 Å². The molecule has 202 valence electrons. The van der Waals surface area contributed by atoms with Crippen LogP contribution >= 0.6 is 0 Å². The maximum Gasteiger partial charge on any atom is 0.290 e. The van der Waals surface area contributed by atoms with E-state index in [0.717, 1.165) is 18.4 Å². The van der Waals surface area contributed by atoms with Gasteiger partial charge >= 0.3 is 0 Å². The number of rotatable bonds is 5. The summed E-state index contributed by atoms with van der Waals surface area (Å²) in [5.41, 5.74) is 10.3. The van der Waals surface area contributed by atoms with Crippen molar-refractivity contribution in [3.63, 3.8) is 0 Å². The van der Waals surface area contributed by atoms with Crippen LogP contribution < -0.4 is 11.1 Å². The monoisotopic (exact) mass is 532 g/mol. The first-order valence-electron chi connectivity index (χ1n) is 13.3. The molecule has 3 fully saturated rings. The fourth-order valence-electron chi connectivity index (χ4n) is 6.43. The molecule has 2 atom stereocenters. The molecular formula is C30H30F2N4O3. The second kappa shape index (κ2) is 9.72. The van der Waals surface area contributed by atoms with E-state index in [9.17, 15) is 13.6 Å². The highest BCUT2D eigenvalue weighted by Crippen LogP contribution is 2.59. The van der Waals surface area contributed by atoms with Crippen LogP contribution in [0.1, 0.15) is 40.7 Å². The van der Waals surface area contributed by atoms with Gasteiger partial charge in [0.05, 0.1) is 5.56 Å². The van der Waals surface area contributed by atoms with E-state index >= 15 is 0 Å². The lowest BCUT2D eigenvalue weighted by Gasteiger charge is -2.21. The zero-order valence-corrected chi connectivity index (χ0v) is 21.4. The van der Waals surface area contributed by atoms with Crippen molar-refractivity contribution in [1.82, 2.24) is 15.2 Å². The summed E-state index contributed by atoms with van der Waals surface area (Å²) in [6.45, 7) is 3.74. The van der Waals surface area contributed by atoms with Crippen LogP contribution in [0.15, 0.2) is 42.5 Å². The maximum atomic E-state index is 15.0. The number of nitrogens with two attached hydrogens (primary N) is 1. The molecule has 0 unspecified atom stereocenters. The number of piperidine rings is 1. The molecule has 4 aliphatic rings. The van der Waals surface area contributed by atoms with Crippen LogP contribution in [0.5, 0.6) is 0 Å². The Hall–Kier alpha value is -3.85. The summed E-state index contributed by atoms with van der Waals surface area (Å²) in [7, 11) is 0. The molecule has 2 saturated carbocycles. The van der Waals surface area contributed by atoms with Crippen molar-refractivity contribution >= 4 is 18.2 Å². The molecule has 3 aromatic rings. The number of nitrogen functional groups attached to an aromatic ring is 1. The van der Waals surface area contributed by atoms with Gasteiger partial charge in [0.2, 0.25) is 5.95 Å². The van der Waals surface area contributed by atoms with Crippen LogP contribution in [-0.2, 0) is 16.6 Å². The number of carbonyl (C=O) groups is 2. The molecule has 2 aliphatic carbocycles. The van der Waals surface area contributed by atoms with E-state index in [1.54, 1.807) is 12.1 Å². The molecule has 2 aliphatic heterocycles. The summed E-state index contributed by atoms with van der Waals surface area (Å²) >= 11 is 0. The van der Waals surface area contributed by atoms with E-state index in [1.807, 2.05) is 12.1 Å². The van der Waals surface area contributed by atoms with Crippen molar-refractivity contribution < 1.29 is 23.5 Å². The average Bonchev–Trinajstić information content (AvgIpc) is 3.82. The topological polar surface area (TPSA) is 109 Å². The summed E-state index contributed by atoms with van der Waals surface area (Å²) in [5.74, 6) is -0.0569. The van der Waals surface area contributed by atoms with E-state index in [1.165, 1.54) is 44.0 Å². The quantitative estimate of drug-likeness (QED) is 0.335. The predicted octanol–water partition coefficient (Wildman–Crippen LogP) is 4.25. The lowest BCUT2D eigenvalue weighted by Crippen LogP contribution is -2.32. The number of carboxylic acid groups (broad SMARTS) is 1. The third-order valence-corrected chi connectivity index (χ3v) is 8.60. The van der Waals surface area contributed by atoms with E-state index < -0.39 is 17.7 Å². The number of aromatic nitrogens is 1. The largest absolute Gasteiger partial charge is 0.483 e. The summed E-state index contributed by atoms with van der Waals surface area (Å²) in [6, 6.07) is 12.9. The summed E-state index contributed by atoms with van der Waals surface area (Å²) in [4.78, 5) is 27.0. The Bertz CT molecular complexity index is 1460. The Labute approximate surface area is 225 Å². The Balaban J connectivity index is 0.000000883. The molecule has 2 aromatic carbocycles. The fraction of sp³-hybridized carbons (Fsp3) is 0.367. The number of nitrogens with one attached hydrogen (secondary N) is 1. The number of benzene rings is 2. The van der Waals surface area contributed by atoms with E-state index in [0.29, 0.717) is 40.8 Å². The van der Waals surface area contributed by atoms with Crippen molar-refractivity contribution in [2.45, 2.75) is 31.1 Å². The molecule has 1 aromatic heterocycles. The van der Waals surface area contributed by atoms with Crippen LogP contribution in [-0.4, -0.2) is 53.5 Å². The van der Waals surface area contributed by atoms with Gasteiger partial charge in [0.25, 0.3) is 12.4 Å². The summed E-state index contributed by atoms with van der Waals surface area (Å²) in [6.07, 6.45) is 4.51. The average molecular weight is 533 g/mol. The van der Waals surface area contributed by atoms with Gasteiger partial charge in [-0.1, -0.05) is 24.3 Å². The standard InChI is InChI=1S/C29H28F2N4O.CH2O2/c30-24-10-19(9-18-7-8-33-28(36)25(18)24)23-11-22(26(31)34-27(23)32)17-3-5-20(6-4-17)29-12-21(29)14-35(15-29)13-16-1-2-16;2-1-3/h3-6,9-11,16,21H,1-2,7-8,12-15H2,(H2,32,34)(H,33,36);1H,(H,2,3)/t21-,29+;/m0./s1. The van der Waals surface area contributed by atoms with Gasteiger partial charge in [-0.3, -0.25) is 9.59 Å². The first-order chi connectivity index (χ1) is 18.8. The Morgan fingerprint density at radius 2 is 1.87 bits per heavy atom. The first kappa shape index (κ1) is 25.4. The number of pyridine rings is 1. The molecule has 39 heavy (non-hydrogen) atoms. The second-order valence-electron chi connectivity index (χ2n) is 11.1. The zero-order valence-electron chi connectivity index (χ0n) is 21.4. The van der Waals surface area contributed by atoms with Gasteiger partial charge in [-0.25, -0.2) is 9.37 Å². The van der Waals surface area contributed by atoms with Gasteiger partial charge in [-0.05, 0) is 78.0 Å². The number of nitrogens with zero attached hydrogens (tertiary/aromatic N) is 2. The minimum atomic E-state index is -0.652. The molecule has 0 radical (unpaired) electrons. The van der Waals surface area contributed by atoms with E-state index in [-0.39, 0.29) is 23.3 Å². The number of amides is 1. The van der Waals surface area contributed by atoms with Crippen LogP contribution in [0.3, 0.4) is 0 Å². The van der Waals surface area contributed by atoms with E-state index in [2.05, 4.69) is 27.3 Å². The molecule has 9 heteroatoms.